The summed E-state index contributed by atoms with van der Waals surface area (Å²) >= 11 is 0. The van der Waals surface area contributed by atoms with Crippen molar-refractivity contribution in [2.75, 3.05) is 0 Å². The quantitative estimate of drug-likeness (QED) is 0.202. The maximum Gasteiger partial charge on any atom is 0.0379 e. The average molecular weight is 609 g/mol. The number of rotatable bonds is 3. The number of benzene rings is 3. The molecule has 2 nitrogen and oxygen atoms in total. The predicted molar refractivity (Wildman–Crippen MR) is 127 cm³/mol. The van der Waals surface area contributed by atoms with Gasteiger partial charge in [0.25, 0.3) is 0 Å². The summed E-state index contributed by atoms with van der Waals surface area (Å²) in [4.78, 5) is 8.63. The minimum absolute atomic E-state index is 0. The van der Waals surface area contributed by atoms with Crippen molar-refractivity contribution in [3.05, 3.63) is 133 Å². The van der Waals surface area contributed by atoms with E-state index in [9.17, 15) is 4.39 Å². The van der Waals surface area contributed by atoms with Gasteiger partial charge in [-0.25, -0.2) is 0 Å². The number of aromatic nitrogens is 2. The smallest absolute Gasteiger partial charge is 0.0379 e. The van der Waals surface area contributed by atoms with Crippen molar-refractivity contribution in [2.24, 2.45) is 0 Å². The van der Waals surface area contributed by atoms with Crippen LogP contribution in [0.4, 0.5) is 4.39 Å². The van der Waals surface area contributed by atoms with E-state index in [1.807, 2.05) is 79.9 Å². The number of hydrogen-bond acceptors (Lipinski definition) is 2. The number of hydrogen-bond donors (Lipinski definition) is 0. The number of aryl methyl sites for hydroxylation is 1. The summed E-state index contributed by atoms with van der Waals surface area (Å²) in [6.45, 7) is 2.04. The Bertz CT molecular complexity index is 1220. The Kier molecular flexibility index (Phi) is 8.77. The molecule has 33 heavy (non-hydrogen) atoms. The Morgan fingerprint density at radius 2 is 1.48 bits per heavy atom. The summed E-state index contributed by atoms with van der Waals surface area (Å²) in [5.74, 6) is -0.288. The molecule has 5 rings (SSSR count). The van der Waals surface area contributed by atoms with Crippen molar-refractivity contribution < 1.29 is 24.5 Å². The summed E-state index contributed by atoms with van der Waals surface area (Å²) in [5.41, 5.74) is 7.00. The predicted octanol–water partition coefficient (Wildman–Crippen LogP) is 7.21. The Balaban J connectivity index is 0.000000202. The molecule has 0 amide bonds. The van der Waals surface area contributed by atoms with E-state index in [1.165, 1.54) is 12.1 Å². The van der Waals surface area contributed by atoms with Gasteiger partial charge >= 0.3 is 0 Å². The van der Waals surface area contributed by atoms with Gasteiger partial charge in [-0.15, -0.1) is 65.7 Å². The first-order valence-corrected chi connectivity index (χ1v) is 10.3. The maximum atomic E-state index is 13.0. The average Bonchev–Trinajstić information content (AvgIpc) is 2.87. The molecule has 0 atom stereocenters. The van der Waals surface area contributed by atoms with Crippen molar-refractivity contribution in [1.82, 2.24) is 9.97 Å². The number of halogens is 1. The van der Waals surface area contributed by atoms with Crippen LogP contribution in [-0.2, 0) is 20.1 Å². The van der Waals surface area contributed by atoms with E-state index in [0.29, 0.717) is 0 Å². The molecule has 0 aliphatic carbocycles. The van der Waals surface area contributed by atoms with Crippen LogP contribution in [0.15, 0.2) is 109 Å². The summed E-state index contributed by atoms with van der Waals surface area (Å²) in [5, 5.41) is 0. The molecule has 0 N–H and O–H groups in total. The first-order valence-electron chi connectivity index (χ1n) is 10.3. The number of pyridine rings is 2. The Hall–Kier alpha value is -3.46. The summed E-state index contributed by atoms with van der Waals surface area (Å²) in [7, 11) is 0. The van der Waals surface area contributed by atoms with Gasteiger partial charge in [-0.05, 0) is 41.1 Å². The van der Waals surface area contributed by atoms with Gasteiger partial charge in [-0.1, -0.05) is 48.5 Å². The van der Waals surface area contributed by atoms with Crippen molar-refractivity contribution in [3.8, 4) is 33.6 Å². The zero-order valence-corrected chi connectivity index (χ0v) is 20.4. The van der Waals surface area contributed by atoms with Gasteiger partial charge in [0.2, 0.25) is 0 Å². The molecule has 0 fully saturated rings. The van der Waals surface area contributed by atoms with Crippen LogP contribution in [0.25, 0.3) is 33.6 Å². The summed E-state index contributed by atoms with van der Waals surface area (Å²) in [6.07, 6.45) is 3.63. The van der Waals surface area contributed by atoms with Crippen LogP contribution in [0.5, 0.6) is 0 Å². The zero-order chi connectivity index (χ0) is 22.2. The first-order chi connectivity index (χ1) is 15.7. The van der Waals surface area contributed by atoms with E-state index in [4.69, 9.17) is 0 Å². The van der Waals surface area contributed by atoms with E-state index < -0.39 is 0 Å². The SMILES string of the molecule is Cc1cnc(-c2[c-]cc(F)cc2)cc1-c1ccccc1.[Ir].[c-]1ccccc1-c1ccccn1. The molecule has 2 heterocycles. The molecule has 0 spiro atoms. The Morgan fingerprint density at radius 1 is 0.727 bits per heavy atom. The third kappa shape index (κ3) is 6.52. The standard InChI is InChI=1S/C18H13FN.C11H8N.Ir/c1-13-12-20-18(15-7-9-16(19)10-8-15)11-17(13)14-5-3-2-4-6-14;1-2-6-10(7-3-1)11-8-4-5-9-12-11;/h2-7,9-12H,1H3;1-6,8-9H;/q2*-1;. The molecule has 0 saturated heterocycles. The van der Waals surface area contributed by atoms with E-state index in [0.717, 1.165) is 39.2 Å². The van der Waals surface area contributed by atoms with Gasteiger partial charge in [0.15, 0.2) is 0 Å². The van der Waals surface area contributed by atoms with Crippen molar-refractivity contribution in [3.63, 3.8) is 0 Å². The van der Waals surface area contributed by atoms with Gasteiger partial charge in [-0.3, -0.25) is 4.39 Å². The molecular formula is C29H21FIrN2-2. The second-order valence-corrected chi connectivity index (χ2v) is 7.16. The minimum atomic E-state index is -0.288. The van der Waals surface area contributed by atoms with Crippen LogP contribution in [0, 0.1) is 24.9 Å². The Labute approximate surface area is 207 Å². The van der Waals surface area contributed by atoms with Gasteiger partial charge in [0.05, 0.1) is 0 Å². The van der Waals surface area contributed by atoms with Crippen LogP contribution in [0.3, 0.4) is 0 Å². The molecule has 5 aromatic rings. The molecule has 0 aliphatic heterocycles. The molecule has 3 aromatic carbocycles. The minimum Gasteiger partial charge on any atom is -0.305 e. The van der Waals surface area contributed by atoms with Gasteiger partial charge in [0, 0.05) is 38.3 Å². The number of nitrogens with zero attached hydrogens (tertiary/aromatic N) is 2. The largest absolute Gasteiger partial charge is 0.305 e. The van der Waals surface area contributed by atoms with Gasteiger partial charge in [-0.2, -0.15) is 0 Å². The zero-order valence-electron chi connectivity index (χ0n) is 18.0. The van der Waals surface area contributed by atoms with Crippen molar-refractivity contribution in [2.45, 2.75) is 6.92 Å². The van der Waals surface area contributed by atoms with Crippen LogP contribution < -0.4 is 0 Å². The van der Waals surface area contributed by atoms with Crippen molar-refractivity contribution in [1.29, 1.82) is 0 Å². The fourth-order valence-corrected chi connectivity index (χ4v) is 3.24. The molecule has 0 saturated carbocycles. The normalized spacial score (nSPS) is 9.88. The Morgan fingerprint density at radius 3 is 2.15 bits per heavy atom. The summed E-state index contributed by atoms with van der Waals surface area (Å²) in [6, 6.07) is 36.4. The topological polar surface area (TPSA) is 25.8 Å². The van der Waals surface area contributed by atoms with Crippen LogP contribution in [0.2, 0.25) is 0 Å². The monoisotopic (exact) mass is 609 g/mol. The van der Waals surface area contributed by atoms with Crippen LogP contribution in [-0.4, -0.2) is 9.97 Å². The van der Waals surface area contributed by atoms with Crippen LogP contribution in [0.1, 0.15) is 5.56 Å². The fraction of sp³-hybridized carbons (Fsp3) is 0.0345. The van der Waals surface area contributed by atoms with E-state index in [1.54, 1.807) is 12.3 Å². The second-order valence-electron chi connectivity index (χ2n) is 7.16. The molecule has 0 bridgehead atoms. The fourth-order valence-electron chi connectivity index (χ4n) is 3.24. The first kappa shape index (κ1) is 24.2. The van der Waals surface area contributed by atoms with E-state index >= 15 is 0 Å². The molecule has 2 aromatic heterocycles. The van der Waals surface area contributed by atoms with Gasteiger partial charge < -0.3 is 9.97 Å². The van der Waals surface area contributed by atoms with E-state index in [-0.39, 0.29) is 25.9 Å². The van der Waals surface area contributed by atoms with E-state index in [2.05, 4.69) is 34.2 Å². The molecule has 165 valence electrons. The maximum absolute atomic E-state index is 13.0. The van der Waals surface area contributed by atoms with Crippen LogP contribution >= 0.6 is 0 Å². The van der Waals surface area contributed by atoms with Crippen molar-refractivity contribution >= 4 is 0 Å². The summed E-state index contributed by atoms with van der Waals surface area (Å²) < 4.78 is 13.0. The molecular weight excluding hydrogens is 588 g/mol. The molecule has 0 unspecified atom stereocenters. The third-order valence-corrected chi connectivity index (χ3v) is 4.89. The van der Waals surface area contributed by atoms with Gasteiger partial charge in [0.1, 0.15) is 0 Å². The molecule has 4 heteroatoms. The third-order valence-electron chi connectivity index (χ3n) is 4.89. The molecule has 0 aliphatic rings. The second kappa shape index (κ2) is 12.0. The molecule has 1 radical (unpaired) electrons.